The van der Waals surface area contributed by atoms with E-state index in [1.54, 1.807) is 30.1 Å². The van der Waals surface area contributed by atoms with E-state index in [-0.39, 0.29) is 5.75 Å². The molecule has 2 aromatic rings. The fraction of sp³-hybridized carbons (Fsp3) is 0.250. The number of nitrogen functional groups attached to an aromatic ring is 1. The van der Waals surface area contributed by atoms with Gasteiger partial charge in [-0.3, -0.25) is 4.68 Å². The Hall–Kier alpha value is -2.24. The summed E-state index contributed by atoms with van der Waals surface area (Å²) >= 11 is 0. The number of nitrogens with one attached hydrogen (secondary N) is 1. The first-order chi connectivity index (χ1) is 8.60. The van der Waals surface area contributed by atoms with Crippen LogP contribution in [-0.4, -0.2) is 16.4 Å². The van der Waals surface area contributed by atoms with Crippen molar-refractivity contribution in [2.45, 2.75) is 6.92 Å². The molecule has 0 atom stereocenters. The van der Waals surface area contributed by atoms with Gasteiger partial charge >= 0.3 is 0 Å². The maximum atomic E-state index is 13.5. The lowest BCUT2D eigenvalue weighted by Gasteiger charge is -2.11. The monoisotopic (exact) mass is 250 g/mol. The molecule has 1 heterocycles. The first kappa shape index (κ1) is 12.2. The number of benzene rings is 1. The number of anilines is 3. The topological polar surface area (TPSA) is 65.1 Å². The molecule has 5 nitrogen and oxygen atoms in total. The number of rotatable bonds is 4. The van der Waals surface area contributed by atoms with E-state index < -0.39 is 5.82 Å². The highest BCUT2D eigenvalue weighted by molar-refractivity contribution is 5.73. The molecule has 0 aliphatic rings. The van der Waals surface area contributed by atoms with E-state index in [0.717, 1.165) is 5.69 Å². The Labute approximate surface area is 104 Å². The van der Waals surface area contributed by atoms with Gasteiger partial charge in [0.15, 0.2) is 11.6 Å². The molecule has 0 saturated carbocycles. The fourth-order valence-corrected chi connectivity index (χ4v) is 1.58. The number of nitrogens with two attached hydrogens (primary N) is 1. The first-order valence-corrected chi connectivity index (χ1v) is 5.57. The Bertz CT molecular complexity index is 553. The molecule has 0 aliphatic carbocycles. The third-order valence-electron chi connectivity index (χ3n) is 2.39. The molecule has 0 saturated heterocycles. The van der Waals surface area contributed by atoms with Gasteiger partial charge in [0, 0.05) is 25.4 Å². The van der Waals surface area contributed by atoms with E-state index in [1.807, 2.05) is 7.05 Å². The second-order valence-electron chi connectivity index (χ2n) is 3.83. The third kappa shape index (κ3) is 2.53. The van der Waals surface area contributed by atoms with Crippen LogP contribution in [0, 0.1) is 5.82 Å². The summed E-state index contributed by atoms with van der Waals surface area (Å²) in [6.45, 7) is 2.19. The van der Waals surface area contributed by atoms with Crippen molar-refractivity contribution >= 4 is 17.1 Å². The minimum atomic E-state index is -0.467. The normalized spacial score (nSPS) is 10.4. The Balaban J connectivity index is 2.29. The molecule has 0 bridgehead atoms. The first-order valence-electron chi connectivity index (χ1n) is 5.57. The van der Waals surface area contributed by atoms with Crippen LogP contribution in [0.2, 0.25) is 0 Å². The average Bonchev–Trinajstić information content (AvgIpc) is 2.71. The maximum absolute atomic E-state index is 13.5. The van der Waals surface area contributed by atoms with Gasteiger partial charge < -0.3 is 15.8 Å². The van der Waals surface area contributed by atoms with Gasteiger partial charge in [-0.2, -0.15) is 5.10 Å². The summed E-state index contributed by atoms with van der Waals surface area (Å²) in [5, 5.41) is 7.09. The highest BCUT2D eigenvalue weighted by atomic mass is 19.1. The van der Waals surface area contributed by atoms with Crippen molar-refractivity contribution in [2.24, 2.45) is 7.05 Å². The average molecular weight is 250 g/mol. The van der Waals surface area contributed by atoms with Gasteiger partial charge in [-0.1, -0.05) is 0 Å². The van der Waals surface area contributed by atoms with Crippen LogP contribution in [0.4, 0.5) is 21.5 Å². The van der Waals surface area contributed by atoms with Crippen molar-refractivity contribution in [1.29, 1.82) is 0 Å². The summed E-state index contributed by atoms with van der Waals surface area (Å²) in [6, 6.07) is 2.78. The highest BCUT2D eigenvalue weighted by Crippen LogP contribution is 2.30. The Morgan fingerprint density at radius 2 is 2.28 bits per heavy atom. The number of halogens is 1. The van der Waals surface area contributed by atoms with Gasteiger partial charge in [0.25, 0.3) is 0 Å². The predicted molar refractivity (Wildman–Crippen MR) is 68.5 cm³/mol. The van der Waals surface area contributed by atoms with Gasteiger partial charge in [0.2, 0.25) is 0 Å². The predicted octanol–water partition coefficient (Wildman–Crippen LogP) is 2.28. The van der Waals surface area contributed by atoms with Crippen molar-refractivity contribution < 1.29 is 9.13 Å². The minimum absolute atomic E-state index is 0.179. The number of hydrogen-bond donors (Lipinski definition) is 2. The number of hydrogen-bond acceptors (Lipinski definition) is 4. The molecule has 3 N–H and O–H groups in total. The largest absolute Gasteiger partial charge is 0.491 e. The van der Waals surface area contributed by atoms with Crippen LogP contribution in [0.5, 0.6) is 5.75 Å². The van der Waals surface area contributed by atoms with Crippen LogP contribution < -0.4 is 15.8 Å². The Morgan fingerprint density at radius 1 is 1.50 bits per heavy atom. The summed E-state index contributed by atoms with van der Waals surface area (Å²) in [5.74, 6) is -0.288. The number of ether oxygens (including phenoxy) is 1. The second kappa shape index (κ2) is 4.95. The van der Waals surface area contributed by atoms with Crippen LogP contribution >= 0.6 is 0 Å². The van der Waals surface area contributed by atoms with E-state index in [9.17, 15) is 4.39 Å². The van der Waals surface area contributed by atoms with Crippen LogP contribution in [0.1, 0.15) is 6.92 Å². The van der Waals surface area contributed by atoms with Gasteiger partial charge in [0.05, 0.1) is 29.9 Å². The molecular weight excluding hydrogens is 235 g/mol. The maximum Gasteiger partial charge on any atom is 0.167 e. The quantitative estimate of drug-likeness (QED) is 0.817. The fourth-order valence-electron chi connectivity index (χ4n) is 1.58. The second-order valence-corrected chi connectivity index (χ2v) is 3.83. The van der Waals surface area contributed by atoms with E-state index >= 15 is 0 Å². The molecular formula is C12H15FN4O. The zero-order valence-electron chi connectivity index (χ0n) is 10.3. The van der Waals surface area contributed by atoms with Gasteiger partial charge in [-0.15, -0.1) is 0 Å². The van der Waals surface area contributed by atoms with E-state index in [2.05, 4.69) is 10.4 Å². The van der Waals surface area contributed by atoms with Crippen LogP contribution in [0.3, 0.4) is 0 Å². The summed E-state index contributed by atoms with van der Waals surface area (Å²) < 4.78 is 20.4. The van der Waals surface area contributed by atoms with Gasteiger partial charge in [0.1, 0.15) is 0 Å². The molecule has 0 aliphatic heterocycles. The molecule has 96 valence electrons. The van der Waals surface area contributed by atoms with E-state index in [1.165, 1.54) is 6.07 Å². The molecule has 6 heteroatoms. The summed E-state index contributed by atoms with van der Waals surface area (Å²) in [7, 11) is 1.81. The number of aryl methyl sites for hydroxylation is 1. The van der Waals surface area contributed by atoms with E-state index in [4.69, 9.17) is 10.5 Å². The van der Waals surface area contributed by atoms with Crippen molar-refractivity contribution in [3.63, 3.8) is 0 Å². The van der Waals surface area contributed by atoms with Crippen molar-refractivity contribution in [3.05, 3.63) is 30.3 Å². The van der Waals surface area contributed by atoms with Gasteiger partial charge in [-0.25, -0.2) is 4.39 Å². The molecule has 0 radical (unpaired) electrons. The Morgan fingerprint density at radius 3 is 2.89 bits per heavy atom. The summed E-state index contributed by atoms with van der Waals surface area (Å²) in [4.78, 5) is 0. The minimum Gasteiger partial charge on any atom is -0.491 e. The van der Waals surface area contributed by atoms with Crippen LogP contribution in [0.15, 0.2) is 24.5 Å². The van der Waals surface area contributed by atoms with Crippen molar-refractivity contribution in [1.82, 2.24) is 9.78 Å². The lowest BCUT2D eigenvalue weighted by atomic mass is 10.2. The number of aromatic nitrogens is 2. The lowest BCUT2D eigenvalue weighted by molar-refractivity contribution is 0.322. The van der Waals surface area contributed by atoms with Crippen LogP contribution in [0.25, 0.3) is 0 Å². The molecule has 0 amide bonds. The zero-order valence-corrected chi connectivity index (χ0v) is 10.3. The molecule has 1 aromatic carbocycles. The Kier molecular flexibility index (Phi) is 3.36. The number of nitrogens with zero attached hydrogens (tertiary/aromatic N) is 2. The highest BCUT2D eigenvalue weighted by Gasteiger charge is 2.09. The molecule has 0 unspecified atom stereocenters. The molecule has 2 rings (SSSR count). The summed E-state index contributed by atoms with van der Waals surface area (Å²) in [6.07, 6.45) is 3.45. The lowest BCUT2D eigenvalue weighted by Crippen LogP contribution is -2.00. The molecule has 0 spiro atoms. The summed E-state index contributed by atoms with van der Waals surface area (Å²) in [5.41, 5.74) is 7.44. The van der Waals surface area contributed by atoms with E-state index in [0.29, 0.717) is 18.0 Å². The van der Waals surface area contributed by atoms with Crippen LogP contribution in [-0.2, 0) is 7.05 Å². The molecule has 18 heavy (non-hydrogen) atoms. The molecule has 0 fully saturated rings. The SMILES string of the molecule is CCOc1cc(Nc2cnn(C)c2)c(N)cc1F. The van der Waals surface area contributed by atoms with Crippen molar-refractivity contribution in [3.8, 4) is 5.75 Å². The third-order valence-corrected chi connectivity index (χ3v) is 2.39. The van der Waals surface area contributed by atoms with Crippen molar-refractivity contribution in [2.75, 3.05) is 17.7 Å². The molecule has 1 aromatic heterocycles. The smallest absolute Gasteiger partial charge is 0.167 e. The zero-order chi connectivity index (χ0) is 13.1. The standard InChI is InChI=1S/C12H15FN4O/c1-3-18-12-5-11(10(14)4-9(12)13)16-8-6-15-17(2)7-8/h4-7,16H,3,14H2,1-2H3. The van der Waals surface area contributed by atoms with Gasteiger partial charge in [-0.05, 0) is 6.92 Å².